The van der Waals surface area contributed by atoms with Gasteiger partial charge in [-0.05, 0) is 43.3 Å². The second-order valence-corrected chi connectivity index (χ2v) is 6.21. The molecular weight excluding hydrogens is 387 g/mol. The van der Waals surface area contributed by atoms with E-state index in [9.17, 15) is 18.0 Å². The number of imidazole rings is 1. The van der Waals surface area contributed by atoms with Crippen molar-refractivity contribution in [3.63, 3.8) is 0 Å². The lowest BCUT2D eigenvalue weighted by Gasteiger charge is -2.08. The minimum atomic E-state index is -4.41. The molecule has 154 valence electrons. The van der Waals surface area contributed by atoms with Gasteiger partial charge in [0.15, 0.2) is 6.61 Å². The van der Waals surface area contributed by atoms with E-state index >= 15 is 0 Å². The number of aromatic nitrogens is 2. The Morgan fingerprint density at radius 3 is 2.41 bits per heavy atom. The van der Waals surface area contributed by atoms with Crippen molar-refractivity contribution in [1.82, 2.24) is 14.7 Å². The standard InChI is InChI=1S/C20H20F3N3O3/c1-2-28-16-4-6-17(7-5-16)29-13-19(27)24-10-9-15-12-26-11-14(20(21,22)23)3-8-18(26)25-15/h3-8,11-12H,2,9-10,13H2,1H3,(H,24,27). The summed E-state index contributed by atoms with van der Waals surface area (Å²) in [7, 11) is 0. The van der Waals surface area contributed by atoms with Crippen molar-refractivity contribution in [2.75, 3.05) is 19.8 Å². The predicted octanol–water partition coefficient (Wildman–Crippen LogP) is 3.49. The van der Waals surface area contributed by atoms with Gasteiger partial charge >= 0.3 is 6.18 Å². The fourth-order valence-electron chi connectivity index (χ4n) is 2.66. The third-order valence-electron chi connectivity index (χ3n) is 4.04. The monoisotopic (exact) mass is 407 g/mol. The Labute approximate surface area is 165 Å². The number of halogens is 3. The molecule has 6 nitrogen and oxygen atoms in total. The van der Waals surface area contributed by atoms with Crippen molar-refractivity contribution in [1.29, 1.82) is 0 Å². The molecule has 1 N–H and O–H groups in total. The zero-order valence-corrected chi connectivity index (χ0v) is 15.7. The van der Waals surface area contributed by atoms with Crippen molar-refractivity contribution in [2.45, 2.75) is 19.5 Å². The molecule has 0 aliphatic heterocycles. The third-order valence-corrected chi connectivity index (χ3v) is 4.04. The Morgan fingerprint density at radius 2 is 1.76 bits per heavy atom. The van der Waals surface area contributed by atoms with Crippen molar-refractivity contribution in [3.05, 3.63) is 60.0 Å². The number of hydrogen-bond acceptors (Lipinski definition) is 4. The number of pyridine rings is 1. The van der Waals surface area contributed by atoms with Gasteiger partial charge in [0, 0.05) is 25.4 Å². The van der Waals surface area contributed by atoms with E-state index in [-0.39, 0.29) is 12.5 Å². The smallest absolute Gasteiger partial charge is 0.417 e. The van der Waals surface area contributed by atoms with Gasteiger partial charge in [-0.1, -0.05) is 0 Å². The number of nitrogens with zero attached hydrogens (tertiary/aromatic N) is 2. The molecule has 1 amide bonds. The lowest BCUT2D eigenvalue weighted by Crippen LogP contribution is -2.30. The highest BCUT2D eigenvalue weighted by atomic mass is 19.4. The van der Waals surface area contributed by atoms with Gasteiger partial charge in [0.2, 0.25) is 0 Å². The number of rotatable bonds is 8. The zero-order valence-electron chi connectivity index (χ0n) is 15.7. The first-order chi connectivity index (χ1) is 13.8. The largest absolute Gasteiger partial charge is 0.494 e. The van der Waals surface area contributed by atoms with E-state index in [4.69, 9.17) is 9.47 Å². The number of benzene rings is 1. The molecule has 1 aromatic carbocycles. The maximum atomic E-state index is 12.8. The van der Waals surface area contributed by atoms with Gasteiger partial charge in [-0.15, -0.1) is 0 Å². The Balaban J connectivity index is 1.46. The summed E-state index contributed by atoms with van der Waals surface area (Å²) >= 11 is 0. The Bertz CT molecular complexity index is 969. The van der Waals surface area contributed by atoms with E-state index in [1.807, 2.05) is 6.92 Å². The molecule has 0 radical (unpaired) electrons. The van der Waals surface area contributed by atoms with Gasteiger partial charge in [0.1, 0.15) is 17.1 Å². The molecular formula is C20H20F3N3O3. The molecule has 0 bridgehead atoms. The summed E-state index contributed by atoms with van der Waals surface area (Å²) in [4.78, 5) is 16.1. The highest BCUT2D eigenvalue weighted by Crippen LogP contribution is 2.29. The number of hydrogen-bond donors (Lipinski definition) is 1. The maximum Gasteiger partial charge on any atom is 0.417 e. The SMILES string of the molecule is CCOc1ccc(OCC(=O)NCCc2cn3cc(C(F)(F)F)ccc3n2)cc1. The number of alkyl halides is 3. The molecule has 0 saturated heterocycles. The lowest BCUT2D eigenvalue weighted by molar-refractivity contribution is -0.137. The first-order valence-corrected chi connectivity index (χ1v) is 9.02. The van der Waals surface area contributed by atoms with Gasteiger partial charge in [0.25, 0.3) is 5.91 Å². The number of ether oxygens (including phenoxy) is 2. The lowest BCUT2D eigenvalue weighted by atomic mass is 10.3. The van der Waals surface area contributed by atoms with Crippen LogP contribution >= 0.6 is 0 Å². The summed E-state index contributed by atoms with van der Waals surface area (Å²) in [6.07, 6.45) is -1.50. The van der Waals surface area contributed by atoms with Gasteiger partial charge in [-0.3, -0.25) is 4.79 Å². The normalized spacial score (nSPS) is 11.4. The Hall–Kier alpha value is -3.23. The predicted molar refractivity (Wildman–Crippen MR) is 100 cm³/mol. The molecule has 0 saturated carbocycles. The summed E-state index contributed by atoms with van der Waals surface area (Å²) in [6, 6.07) is 9.24. The number of nitrogens with one attached hydrogen (secondary N) is 1. The van der Waals surface area contributed by atoms with Crippen LogP contribution in [0.1, 0.15) is 18.2 Å². The molecule has 0 aliphatic carbocycles. The van der Waals surface area contributed by atoms with Crippen LogP contribution in [0.15, 0.2) is 48.8 Å². The molecule has 2 heterocycles. The van der Waals surface area contributed by atoms with E-state index < -0.39 is 11.7 Å². The van der Waals surface area contributed by atoms with Gasteiger partial charge in [0.05, 0.1) is 17.9 Å². The molecule has 0 spiro atoms. The van der Waals surface area contributed by atoms with Crippen LogP contribution in [0.25, 0.3) is 5.65 Å². The topological polar surface area (TPSA) is 64.9 Å². The van der Waals surface area contributed by atoms with Crippen molar-refractivity contribution >= 4 is 11.6 Å². The molecule has 9 heteroatoms. The average molecular weight is 407 g/mol. The molecule has 0 fully saturated rings. The summed E-state index contributed by atoms with van der Waals surface area (Å²) in [5.41, 5.74) is 0.254. The number of amides is 1. The van der Waals surface area contributed by atoms with Crippen LogP contribution in [0.2, 0.25) is 0 Å². The summed E-state index contributed by atoms with van der Waals surface area (Å²) in [5.74, 6) is 0.963. The van der Waals surface area contributed by atoms with Gasteiger partial charge in [-0.2, -0.15) is 13.2 Å². The van der Waals surface area contributed by atoms with E-state index in [0.717, 1.165) is 18.0 Å². The summed E-state index contributed by atoms with van der Waals surface area (Å²) < 4.78 is 50.4. The summed E-state index contributed by atoms with van der Waals surface area (Å²) in [6.45, 7) is 2.61. The van der Waals surface area contributed by atoms with Crippen LogP contribution in [0.5, 0.6) is 11.5 Å². The van der Waals surface area contributed by atoms with Crippen molar-refractivity contribution in [3.8, 4) is 11.5 Å². The number of fused-ring (bicyclic) bond motifs is 1. The zero-order chi connectivity index (χ0) is 20.9. The van der Waals surface area contributed by atoms with E-state index in [1.165, 1.54) is 16.7 Å². The second-order valence-electron chi connectivity index (χ2n) is 6.21. The molecule has 3 aromatic rings. The molecule has 2 aromatic heterocycles. The van der Waals surface area contributed by atoms with Gasteiger partial charge < -0.3 is 19.2 Å². The summed E-state index contributed by atoms with van der Waals surface area (Å²) in [5, 5.41) is 2.70. The minimum absolute atomic E-state index is 0.145. The van der Waals surface area contributed by atoms with Crippen molar-refractivity contribution < 1.29 is 27.4 Å². The Kier molecular flexibility index (Phi) is 6.26. The van der Waals surface area contributed by atoms with Crippen LogP contribution in [0, 0.1) is 0 Å². The fraction of sp³-hybridized carbons (Fsp3) is 0.300. The second kappa shape index (κ2) is 8.85. The first kappa shape index (κ1) is 20.5. The van der Waals surface area contributed by atoms with E-state index in [2.05, 4.69) is 10.3 Å². The average Bonchev–Trinajstić information content (AvgIpc) is 3.09. The Morgan fingerprint density at radius 1 is 1.07 bits per heavy atom. The highest BCUT2D eigenvalue weighted by Gasteiger charge is 2.30. The van der Waals surface area contributed by atoms with Crippen LogP contribution < -0.4 is 14.8 Å². The molecule has 29 heavy (non-hydrogen) atoms. The molecule has 0 aliphatic rings. The van der Waals surface area contributed by atoms with E-state index in [1.54, 1.807) is 24.3 Å². The van der Waals surface area contributed by atoms with Crippen LogP contribution in [0.4, 0.5) is 13.2 Å². The fourth-order valence-corrected chi connectivity index (χ4v) is 2.66. The molecule has 0 unspecified atom stereocenters. The van der Waals surface area contributed by atoms with Crippen LogP contribution in [-0.2, 0) is 17.4 Å². The van der Waals surface area contributed by atoms with Crippen LogP contribution in [0.3, 0.4) is 0 Å². The molecule has 3 rings (SSSR count). The first-order valence-electron chi connectivity index (χ1n) is 9.02. The third kappa shape index (κ3) is 5.63. The maximum absolute atomic E-state index is 12.8. The van der Waals surface area contributed by atoms with Crippen molar-refractivity contribution in [2.24, 2.45) is 0 Å². The number of carbonyl (C=O) groups excluding carboxylic acids is 1. The highest BCUT2D eigenvalue weighted by molar-refractivity contribution is 5.77. The number of carbonyl (C=O) groups is 1. The van der Waals surface area contributed by atoms with E-state index in [0.29, 0.717) is 36.7 Å². The molecule has 0 atom stereocenters. The van der Waals surface area contributed by atoms with Crippen LogP contribution in [-0.4, -0.2) is 35.1 Å². The minimum Gasteiger partial charge on any atom is -0.494 e. The quantitative estimate of drug-likeness (QED) is 0.621. The van der Waals surface area contributed by atoms with Gasteiger partial charge in [-0.25, -0.2) is 4.98 Å².